The monoisotopic (exact) mass is 285 g/mol. The van der Waals surface area contributed by atoms with Crippen LogP contribution in [0.4, 0.5) is 5.95 Å². The van der Waals surface area contributed by atoms with Crippen LogP contribution in [0, 0.1) is 13.8 Å². The predicted molar refractivity (Wildman–Crippen MR) is 85.9 cm³/mol. The van der Waals surface area contributed by atoms with Crippen molar-refractivity contribution in [2.75, 3.05) is 11.9 Å². The van der Waals surface area contributed by atoms with Crippen LogP contribution in [-0.2, 0) is 6.42 Å². The SMILES string of the molecule is Cc1cc(OC(C)C)nc(NCCc2ccccc2C)n1. The van der Waals surface area contributed by atoms with E-state index in [1.54, 1.807) is 0 Å². The van der Waals surface area contributed by atoms with Gasteiger partial charge in [-0.3, -0.25) is 0 Å². The van der Waals surface area contributed by atoms with Gasteiger partial charge in [-0.1, -0.05) is 24.3 Å². The molecule has 21 heavy (non-hydrogen) atoms. The molecule has 1 aromatic carbocycles. The summed E-state index contributed by atoms with van der Waals surface area (Å²) < 4.78 is 5.63. The molecule has 0 bridgehead atoms. The second-order valence-corrected chi connectivity index (χ2v) is 5.44. The first-order valence-corrected chi connectivity index (χ1v) is 7.35. The summed E-state index contributed by atoms with van der Waals surface area (Å²) in [7, 11) is 0. The second-order valence-electron chi connectivity index (χ2n) is 5.44. The van der Waals surface area contributed by atoms with Crippen molar-refractivity contribution in [1.29, 1.82) is 0 Å². The maximum Gasteiger partial charge on any atom is 0.226 e. The summed E-state index contributed by atoms with van der Waals surface area (Å²) in [5, 5.41) is 3.27. The molecule has 1 heterocycles. The summed E-state index contributed by atoms with van der Waals surface area (Å²) in [6.07, 6.45) is 1.06. The van der Waals surface area contributed by atoms with Crippen LogP contribution in [0.2, 0.25) is 0 Å². The van der Waals surface area contributed by atoms with Crippen molar-refractivity contribution in [3.63, 3.8) is 0 Å². The molecule has 0 spiro atoms. The Bertz CT molecular complexity index is 596. The fraction of sp³-hybridized carbons (Fsp3) is 0.412. The Balaban J connectivity index is 1.97. The number of hydrogen-bond donors (Lipinski definition) is 1. The molecule has 2 rings (SSSR count). The maximum absolute atomic E-state index is 5.63. The van der Waals surface area contributed by atoms with Crippen molar-refractivity contribution >= 4 is 5.95 Å². The van der Waals surface area contributed by atoms with E-state index in [0.717, 1.165) is 18.7 Å². The minimum Gasteiger partial charge on any atom is -0.475 e. The van der Waals surface area contributed by atoms with E-state index in [1.807, 2.05) is 26.8 Å². The number of ether oxygens (including phenoxy) is 1. The van der Waals surface area contributed by atoms with Crippen LogP contribution in [0.1, 0.15) is 30.7 Å². The van der Waals surface area contributed by atoms with Gasteiger partial charge >= 0.3 is 0 Å². The van der Waals surface area contributed by atoms with Crippen LogP contribution in [0.15, 0.2) is 30.3 Å². The molecule has 1 N–H and O–H groups in total. The smallest absolute Gasteiger partial charge is 0.226 e. The lowest BCUT2D eigenvalue weighted by Crippen LogP contribution is -2.12. The number of nitrogens with one attached hydrogen (secondary N) is 1. The van der Waals surface area contributed by atoms with Gasteiger partial charge in [0.05, 0.1) is 6.10 Å². The Labute approximate surface area is 126 Å². The molecule has 0 saturated heterocycles. The van der Waals surface area contributed by atoms with Crippen molar-refractivity contribution in [3.05, 3.63) is 47.2 Å². The van der Waals surface area contributed by atoms with Gasteiger partial charge in [-0.05, 0) is 45.2 Å². The van der Waals surface area contributed by atoms with Gasteiger partial charge in [-0.25, -0.2) is 4.98 Å². The van der Waals surface area contributed by atoms with E-state index < -0.39 is 0 Å². The Morgan fingerprint density at radius 3 is 2.62 bits per heavy atom. The van der Waals surface area contributed by atoms with Crippen molar-refractivity contribution < 1.29 is 4.74 Å². The number of anilines is 1. The third kappa shape index (κ3) is 4.74. The van der Waals surface area contributed by atoms with E-state index in [4.69, 9.17) is 4.74 Å². The molecule has 0 atom stereocenters. The van der Waals surface area contributed by atoms with Gasteiger partial charge in [-0.15, -0.1) is 0 Å². The minimum absolute atomic E-state index is 0.110. The average molecular weight is 285 g/mol. The molecular weight excluding hydrogens is 262 g/mol. The van der Waals surface area contributed by atoms with Crippen molar-refractivity contribution in [3.8, 4) is 5.88 Å². The largest absolute Gasteiger partial charge is 0.475 e. The fourth-order valence-electron chi connectivity index (χ4n) is 2.12. The van der Waals surface area contributed by atoms with E-state index in [2.05, 4.69) is 46.5 Å². The van der Waals surface area contributed by atoms with Crippen LogP contribution in [0.5, 0.6) is 5.88 Å². The number of nitrogens with zero attached hydrogens (tertiary/aromatic N) is 2. The maximum atomic E-state index is 5.63. The van der Waals surface area contributed by atoms with Crippen LogP contribution < -0.4 is 10.1 Å². The lowest BCUT2D eigenvalue weighted by molar-refractivity contribution is 0.232. The van der Waals surface area contributed by atoms with Crippen LogP contribution in [-0.4, -0.2) is 22.6 Å². The van der Waals surface area contributed by atoms with E-state index in [1.165, 1.54) is 11.1 Å². The third-order valence-electron chi connectivity index (χ3n) is 3.13. The van der Waals surface area contributed by atoms with Crippen molar-refractivity contribution in [2.24, 2.45) is 0 Å². The zero-order chi connectivity index (χ0) is 15.2. The third-order valence-corrected chi connectivity index (χ3v) is 3.13. The lowest BCUT2D eigenvalue weighted by Gasteiger charge is -2.12. The topological polar surface area (TPSA) is 47.0 Å². The summed E-state index contributed by atoms with van der Waals surface area (Å²) in [5.41, 5.74) is 3.56. The number of hydrogen-bond acceptors (Lipinski definition) is 4. The Hall–Kier alpha value is -2.10. The van der Waals surface area contributed by atoms with Crippen molar-refractivity contribution in [2.45, 2.75) is 40.2 Å². The number of aromatic nitrogens is 2. The summed E-state index contributed by atoms with van der Waals surface area (Å²) >= 11 is 0. The molecule has 0 amide bonds. The predicted octanol–water partition coefficient (Wildman–Crippen LogP) is 3.54. The van der Waals surface area contributed by atoms with E-state index in [-0.39, 0.29) is 6.10 Å². The first kappa shape index (κ1) is 15.3. The number of aryl methyl sites for hydroxylation is 2. The number of rotatable bonds is 6. The van der Waals surface area contributed by atoms with Gasteiger partial charge < -0.3 is 10.1 Å². The molecule has 0 unspecified atom stereocenters. The highest BCUT2D eigenvalue weighted by Crippen LogP contribution is 2.14. The minimum atomic E-state index is 0.110. The molecule has 0 saturated carbocycles. The Kier molecular flexibility index (Phi) is 5.14. The molecule has 0 radical (unpaired) electrons. The molecular formula is C17H23N3O. The van der Waals surface area contributed by atoms with Crippen LogP contribution in [0.3, 0.4) is 0 Å². The normalized spacial score (nSPS) is 10.7. The fourth-order valence-corrected chi connectivity index (χ4v) is 2.12. The molecule has 0 aliphatic carbocycles. The van der Waals surface area contributed by atoms with E-state index in [9.17, 15) is 0 Å². The molecule has 112 valence electrons. The molecule has 0 aliphatic heterocycles. The van der Waals surface area contributed by atoms with Gasteiger partial charge in [-0.2, -0.15) is 4.98 Å². The van der Waals surface area contributed by atoms with E-state index >= 15 is 0 Å². The Morgan fingerprint density at radius 1 is 1.14 bits per heavy atom. The summed E-state index contributed by atoms with van der Waals surface area (Å²) in [5.74, 6) is 1.25. The molecule has 2 aromatic rings. The van der Waals surface area contributed by atoms with Crippen LogP contribution in [0.25, 0.3) is 0 Å². The standard InChI is InChI=1S/C17H23N3O/c1-12(2)21-16-11-14(4)19-17(20-16)18-10-9-15-8-6-5-7-13(15)3/h5-8,11-12H,9-10H2,1-4H3,(H,18,19,20). The number of benzene rings is 1. The molecule has 4 nitrogen and oxygen atoms in total. The zero-order valence-electron chi connectivity index (χ0n) is 13.2. The van der Waals surface area contributed by atoms with Gasteiger partial charge in [0.15, 0.2) is 0 Å². The first-order chi connectivity index (χ1) is 10.0. The summed E-state index contributed by atoms with van der Waals surface area (Å²) in [6.45, 7) is 8.86. The molecule has 0 fully saturated rings. The van der Waals surface area contributed by atoms with Gasteiger partial charge in [0.1, 0.15) is 0 Å². The van der Waals surface area contributed by atoms with E-state index in [0.29, 0.717) is 11.8 Å². The summed E-state index contributed by atoms with van der Waals surface area (Å²) in [6, 6.07) is 10.3. The molecule has 4 heteroatoms. The van der Waals surface area contributed by atoms with Gasteiger partial charge in [0.25, 0.3) is 0 Å². The first-order valence-electron chi connectivity index (χ1n) is 7.35. The van der Waals surface area contributed by atoms with Crippen molar-refractivity contribution in [1.82, 2.24) is 9.97 Å². The molecule has 0 aliphatic rings. The highest BCUT2D eigenvalue weighted by Gasteiger charge is 2.05. The zero-order valence-corrected chi connectivity index (χ0v) is 13.2. The van der Waals surface area contributed by atoms with Crippen LogP contribution >= 0.6 is 0 Å². The summed E-state index contributed by atoms with van der Waals surface area (Å²) in [4.78, 5) is 8.78. The Morgan fingerprint density at radius 2 is 1.90 bits per heavy atom. The highest BCUT2D eigenvalue weighted by atomic mass is 16.5. The average Bonchev–Trinajstić information content (AvgIpc) is 2.39. The second kappa shape index (κ2) is 7.07. The highest BCUT2D eigenvalue weighted by molar-refractivity contribution is 5.32. The lowest BCUT2D eigenvalue weighted by atomic mass is 10.1. The van der Waals surface area contributed by atoms with Gasteiger partial charge in [0, 0.05) is 18.3 Å². The quantitative estimate of drug-likeness (QED) is 0.882. The van der Waals surface area contributed by atoms with Gasteiger partial charge in [0.2, 0.25) is 11.8 Å². The molecule has 1 aromatic heterocycles.